The minimum Gasteiger partial charge on any atom is -0.480 e. The topological polar surface area (TPSA) is 84.2 Å². The molecule has 2 N–H and O–H groups in total. The third-order valence-corrected chi connectivity index (χ3v) is 3.39. The van der Waals surface area contributed by atoms with E-state index in [-0.39, 0.29) is 11.3 Å². The van der Waals surface area contributed by atoms with Gasteiger partial charge in [-0.3, -0.25) is 9.59 Å². The fourth-order valence-corrected chi connectivity index (χ4v) is 2.04. The molecule has 0 aliphatic heterocycles. The van der Waals surface area contributed by atoms with Crippen molar-refractivity contribution in [3.8, 4) is 5.69 Å². The van der Waals surface area contributed by atoms with E-state index in [1.165, 1.54) is 36.9 Å². The van der Waals surface area contributed by atoms with E-state index in [0.29, 0.717) is 5.69 Å². The lowest BCUT2D eigenvalue weighted by atomic mass is 10.2. The van der Waals surface area contributed by atoms with Crippen LogP contribution in [0.5, 0.6) is 0 Å². The maximum atomic E-state index is 12.8. The zero-order valence-corrected chi connectivity index (χ0v) is 12.8. The molecule has 0 saturated carbocycles. The lowest BCUT2D eigenvalue weighted by molar-refractivity contribution is -0.139. The predicted molar refractivity (Wildman–Crippen MR) is 77.9 cm³/mol. The second kappa shape index (κ2) is 6.34. The number of nitrogens with one attached hydrogen (secondary N) is 1. The van der Waals surface area contributed by atoms with Crippen molar-refractivity contribution < 1.29 is 27.9 Å². The highest BCUT2D eigenvalue weighted by Crippen LogP contribution is 2.30. The summed E-state index contributed by atoms with van der Waals surface area (Å²) in [6, 6.07) is 3.42. The van der Waals surface area contributed by atoms with Crippen molar-refractivity contribution in [3.63, 3.8) is 0 Å². The lowest BCUT2D eigenvalue weighted by Crippen LogP contribution is -2.38. The molecule has 0 radical (unpaired) electrons. The van der Waals surface area contributed by atoms with Crippen LogP contribution in [0, 0.1) is 6.92 Å². The quantitative estimate of drug-likeness (QED) is 0.894. The summed E-state index contributed by atoms with van der Waals surface area (Å²) in [6.45, 7) is 2.81. The van der Waals surface area contributed by atoms with Crippen LogP contribution in [0.3, 0.4) is 0 Å². The summed E-state index contributed by atoms with van der Waals surface area (Å²) < 4.78 is 39.6. The van der Waals surface area contributed by atoms with Crippen LogP contribution in [0.25, 0.3) is 5.69 Å². The second-order valence-electron chi connectivity index (χ2n) is 5.14. The SMILES string of the molecule is Cc1c(C(=O)N[C@H](C)C(=O)O)cnn1-c1cccc(C(F)(F)F)c1. The van der Waals surface area contributed by atoms with Gasteiger partial charge in [-0.15, -0.1) is 0 Å². The molecule has 1 heterocycles. The second-order valence-corrected chi connectivity index (χ2v) is 5.14. The van der Waals surface area contributed by atoms with Gasteiger partial charge in [0.15, 0.2) is 0 Å². The fraction of sp³-hybridized carbons (Fsp3) is 0.267. The predicted octanol–water partition coefficient (Wildman–Crippen LogP) is 2.40. The van der Waals surface area contributed by atoms with E-state index in [2.05, 4.69) is 10.4 Å². The lowest BCUT2D eigenvalue weighted by Gasteiger charge is -2.11. The fourth-order valence-electron chi connectivity index (χ4n) is 2.04. The van der Waals surface area contributed by atoms with Gasteiger partial charge in [0.2, 0.25) is 0 Å². The normalized spacial score (nSPS) is 12.7. The summed E-state index contributed by atoms with van der Waals surface area (Å²) in [5.74, 6) is -1.87. The number of carboxylic acids is 1. The Morgan fingerprint density at radius 3 is 2.58 bits per heavy atom. The Balaban J connectivity index is 2.34. The largest absolute Gasteiger partial charge is 0.480 e. The van der Waals surface area contributed by atoms with Crippen LogP contribution in [0.15, 0.2) is 30.5 Å². The number of aliphatic carboxylic acids is 1. The molecule has 0 saturated heterocycles. The highest BCUT2D eigenvalue weighted by molar-refractivity contribution is 5.97. The van der Waals surface area contributed by atoms with Crippen molar-refractivity contribution in [1.82, 2.24) is 15.1 Å². The summed E-state index contributed by atoms with van der Waals surface area (Å²) in [5, 5.41) is 15.0. The van der Waals surface area contributed by atoms with Crippen molar-refractivity contribution in [1.29, 1.82) is 0 Å². The Labute approximate surface area is 134 Å². The first-order valence-corrected chi connectivity index (χ1v) is 6.87. The maximum Gasteiger partial charge on any atom is 0.416 e. The molecule has 128 valence electrons. The van der Waals surface area contributed by atoms with Gasteiger partial charge in [0.25, 0.3) is 5.91 Å². The van der Waals surface area contributed by atoms with Gasteiger partial charge in [-0.05, 0) is 32.0 Å². The number of nitrogens with zero attached hydrogens (tertiary/aromatic N) is 2. The van der Waals surface area contributed by atoms with Gasteiger partial charge in [-0.1, -0.05) is 6.07 Å². The molecule has 0 unspecified atom stereocenters. The number of aromatic nitrogens is 2. The summed E-state index contributed by atoms with van der Waals surface area (Å²) in [5.41, 5.74) is -0.307. The molecular weight excluding hydrogens is 327 g/mol. The number of amides is 1. The summed E-state index contributed by atoms with van der Waals surface area (Å²) >= 11 is 0. The molecule has 2 rings (SSSR count). The first-order valence-electron chi connectivity index (χ1n) is 6.87. The highest BCUT2D eigenvalue weighted by Gasteiger charge is 2.30. The minimum absolute atomic E-state index is 0.0838. The standard InChI is InChI=1S/C15H14F3N3O3/c1-8(14(23)24)20-13(22)12-7-19-21(9(12)2)11-5-3-4-10(6-11)15(16,17)18/h3-8H,1-2H3,(H,20,22)(H,23,24)/t8-/m1/s1. The first kappa shape index (κ1) is 17.5. The van der Waals surface area contributed by atoms with E-state index < -0.39 is 29.7 Å². The minimum atomic E-state index is -4.49. The first-order chi connectivity index (χ1) is 11.1. The Kier molecular flexibility index (Phi) is 4.63. The number of benzene rings is 1. The van der Waals surface area contributed by atoms with Crippen molar-refractivity contribution in [2.24, 2.45) is 0 Å². The molecule has 0 aliphatic carbocycles. The average molecular weight is 341 g/mol. The zero-order valence-electron chi connectivity index (χ0n) is 12.8. The van der Waals surface area contributed by atoms with Gasteiger partial charge in [0.1, 0.15) is 6.04 Å². The molecule has 24 heavy (non-hydrogen) atoms. The van der Waals surface area contributed by atoms with Crippen LogP contribution in [-0.4, -0.2) is 32.8 Å². The zero-order chi connectivity index (χ0) is 18.1. The summed E-state index contributed by atoms with van der Waals surface area (Å²) in [7, 11) is 0. The van der Waals surface area contributed by atoms with E-state index in [1.807, 2.05) is 0 Å². The molecule has 0 aliphatic rings. The van der Waals surface area contributed by atoms with Crippen molar-refractivity contribution in [3.05, 3.63) is 47.3 Å². The van der Waals surface area contributed by atoms with Gasteiger partial charge < -0.3 is 10.4 Å². The Bertz CT molecular complexity index is 784. The van der Waals surface area contributed by atoms with Crippen molar-refractivity contribution in [2.75, 3.05) is 0 Å². The number of rotatable bonds is 4. The third-order valence-electron chi connectivity index (χ3n) is 3.39. The molecule has 0 fully saturated rings. The van der Waals surface area contributed by atoms with E-state index >= 15 is 0 Å². The number of halogens is 3. The van der Waals surface area contributed by atoms with E-state index in [1.54, 1.807) is 0 Å². The number of carbonyl (C=O) groups is 2. The number of alkyl halides is 3. The van der Waals surface area contributed by atoms with Gasteiger partial charge in [-0.25, -0.2) is 4.68 Å². The molecule has 0 bridgehead atoms. The smallest absolute Gasteiger partial charge is 0.416 e. The average Bonchev–Trinajstić information content (AvgIpc) is 2.88. The monoisotopic (exact) mass is 341 g/mol. The van der Waals surface area contributed by atoms with Crippen molar-refractivity contribution >= 4 is 11.9 Å². The molecule has 2 aromatic rings. The molecule has 1 aromatic heterocycles. The molecule has 9 heteroatoms. The van der Waals surface area contributed by atoms with E-state index in [9.17, 15) is 22.8 Å². The van der Waals surface area contributed by atoms with E-state index in [0.717, 1.165) is 12.1 Å². The van der Waals surface area contributed by atoms with Crippen LogP contribution in [0.1, 0.15) is 28.5 Å². The number of carbonyl (C=O) groups excluding carboxylic acids is 1. The maximum absolute atomic E-state index is 12.8. The van der Waals surface area contributed by atoms with E-state index in [4.69, 9.17) is 5.11 Å². The van der Waals surface area contributed by atoms with Crippen molar-refractivity contribution in [2.45, 2.75) is 26.1 Å². The molecule has 0 spiro atoms. The Morgan fingerprint density at radius 1 is 1.33 bits per heavy atom. The Morgan fingerprint density at radius 2 is 2.00 bits per heavy atom. The Hall–Kier alpha value is -2.84. The number of hydrogen-bond donors (Lipinski definition) is 2. The summed E-state index contributed by atoms with van der Waals surface area (Å²) in [6.07, 6.45) is -3.31. The van der Waals surface area contributed by atoms with Crippen LogP contribution >= 0.6 is 0 Å². The summed E-state index contributed by atoms with van der Waals surface area (Å²) in [4.78, 5) is 22.8. The van der Waals surface area contributed by atoms with Gasteiger partial charge in [0, 0.05) is 0 Å². The van der Waals surface area contributed by atoms with Crippen LogP contribution in [-0.2, 0) is 11.0 Å². The van der Waals surface area contributed by atoms with Gasteiger partial charge in [-0.2, -0.15) is 18.3 Å². The molecule has 6 nitrogen and oxygen atoms in total. The molecule has 1 amide bonds. The molecule has 1 aromatic carbocycles. The van der Waals surface area contributed by atoms with Crippen LogP contribution in [0.2, 0.25) is 0 Å². The van der Waals surface area contributed by atoms with Gasteiger partial charge >= 0.3 is 12.1 Å². The third kappa shape index (κ3) is 3.55. The molecular formula is C15H14F3N3O3. The number of hydrogen-bond acceptors (Lipinski definition) is 3. The number of carboxylic acid groups (broad SMARTS) is 1. The van der Waals surface area contributed by atoms with Crippen LogP contribution in [0.4, 0.5) is 13.2 Å². The van der Waals surface area contributed by atoms with Crippen LogP contribution < -0.4 is 5.32 Å². The van der Waals surface area contributed by atoms with Gasteiger partial charge in [0.05, 0.1) is 28.7 Å². The molecule has 1 atom stereocenters. The highest BCUT2D eigenvalue weighted by atomic mass is 19.4.